The lowest BCUT2D eigenvalue weighted by Gasteiger charge is -2.30. The van der Waals surface area contributed by atoms with E-state index in [1.807, 2.05) is 4.57 Å². The minimum Gasteiger partial charge on any atom is -0.388 e. The summed E-state index contributed by atoms with van der Waals surface area (Å²) in [5.74, 6) is 0.648. The van der Waals surface area contributed by atoms with Crippen LogP contribution in [0.1, 0.15) is 24.7 Å². The van der Waals surface area contributed by atoms with Gasteiger partial charge in [-0.15, -0.1) is 0 Å². The minimum absolute atomic E-state index is 0.0561. The largest absolute Gasteiger partial charge is 0.388 e. The fourth-order valence-corrected chi connectivity index (χ4v) is 2.38. The van der Waals surface area contributed by atoms with Gasteiger partial charge in [-0.1, -0.05) is 0 Å². The van der Waals surface area contributed by atoms with Crippen LogP contribution in [0, 0.1) is 4.77 Å². The van der Waals surface area contributed by atoms with Gasteiger partial charge in [-0.3, -0.25) is 9.67 Å². The number of aromatic amines is 1. The Morgan fingerprint density at radius 3 is 2.80 bits per heavy atom. The van der Waals surface area contributed by atoms with Crippen LogP contribution in [-0.2, 0) is 6.61 Å². The molecule has 1 aromatic heterocycles. The van der Waals surface area contributed by atoms with Gasteiger partial charge in [0.15, 0.2) is 10.6 Å². The standard InChI is InChI=1S/C9H16N4OS/c1-12-4-2-7(3-5-12)13-8(6-14)10-11-9(13)15/h7,14H,2-6H2,1H3,(H,11,15). The SMILES string of the molecule is CN1CCC(n2c(CO)n[nH]c2=S)CC1. The van der Waals surface area contributed by atoms with E-state index in [4.69, 9.17) is 17.3 Å². The van der Waals surface area contributed by atoms with Crippen LogP contribution >= 0.6 is 12.2 Å². The number of nitrogens with one attached hydrogen (secondary N) is 1. The van der Waals surface area contributed by atoms with Crippen molar-refractivity contribution in [2.24, 2.45) is 0 Å². The number of H-pyrrole nitrogens is 1. The molecule has 1 fully saturated rings. The number of aliphatic hydroxyl groups excluding tert-OH is 1. The average molecular weight is 228 g/mol. The maximum atomic E-state index is 9.15. The Bertz CT molecular complexity index is 378. The van der Waals surface area contributed by atoms with Crippen LogP contribution in [0.25, 0.3) is 0 Å². The van der Waals surface area contributed by atoms with E-state index in [0.29, 0.717) is 16.6 Å². The number of aromatic nitrogens is 3. The summed E-state index contributed by atoms with van der Waals surface area (Å²) in [7, 11) is 2.12. The van der Waals surface area contributed by atoms with Crippen LogP contribution in [0.5, 0.6) is 0 Å². The Hall–Kier alpha value is -0.720. The van der Waals surface area contributed by atoms with Gasteiger partial charge in [-0.2, -0.15) is 5.10 Å². The van der Waals surface area contributed by atoms with E-state index < -0.39 is 0 Å². The first kappa shape index (κ1) is 10.8. The van der Waals surface area contributed by atoms with Crippen LogP contribution < -0.4 is 0 Å². The monoisotopic (exact) mass is 228 g/mol. The molecule has 0 bridgehead atoms. The van der Waals surface area contributed by atoms with Crippen LogP contribution in [0.15, 0.2) is 0 Å². The summed E-state index contributed by atoms with van der Waals surface area (Å²) >= 11 is 5.17. The molecule has 0 atom stereocenters. The molecule has 0 radical (unpaired) electrons. The molecule has 2 rings (SSSR count). The van der Waals surface area contributed by atoms with E-state index in [1.165, 1.54) is 0 Å². The van der Waals surface area contributed by atoms with E-state index in [9.17, 15) is 0 Å². The first-order chi connectivity index (χ1) is 7.22. The zero-order valence-corrected chi connectivity index (χ0v) is 9.63. The summed E-state index contributed by atoms with van der Waals surface area (Å²) in [6.07, 6.45) is 2.13. The highest BCUT2D eigenvalue weighted by molar-refractivity contribution is 7.71. The summed E-state index contributed by atoms with van der Waals surface area (Å²) < 4.78 is 2.58. The molecule has 15 heavy (non-hydrogen) atoms. The molecule has 0 spiro atoms. The van der Waals surface area contributed by atoms with Gasteiger partial charge in [0.25, 0.3) is 0 Å². The predicted molar refractivity (Wildman–Crippen MR) is 59.1 cm³/mol. The summed E-state index contributed by atoms with van der Waals surface area (Å²) in [4.78, 5) is 2.30. The summed E-state index contributed by atoms with van der Waals surface area (Å²) in [6.45, 7) is 2.09. The van der Waals surface area contributed by atoms with Crippen LogP contribution in [-0.4, -0.2) is 44.9 Å². The molecule has 1 aromatic rings. The molecule has 2 heterocycles. The lowest BCUT2D eigenvalue weighted by atomic mass is 10.1. The molecular formula is C9H16N4OS. The number of nitrogens with zero attached hydrogens (tertiary/aromatic N) is 3. The molecule has 2 N–H and O–H groups in total. The van der Waals surface area contributed by atoms with Crippen molar-refractivity contribution in [1.82, 2.24) is 19.7 Å². The topological polar surface area (TPSA) is 57.1 Å². The Balaban J connectivity index is 2.21. The quantitative estimate of drug-likeness (QED) is 0.732. The molecule has 0 aromatic carbocycles. The first-order valence-corrected chi connectivity index (χ1v) is 5.58. The highest BCUT2D eigenvalue weighted by atomic mass is 32.1. The maximum Gasteiger partial charge on any atom is 0.195 e. The molecule has 5 nitrogen and oxygen atoms in total. The van der Waals surface area contributed by atoms with E-state index in [-0.39, 0.29) is 6.61 Å². The van der Waals surface area contributed by atoms with E-state index in [1.54, 1.807) is 0 Å². The van der Waals surface area contributed by atoms with Gasteiger partial charge >= 0.3 is 0 Å². The highest BCUT2D eigenvalue weighted by Gasteiger charge is 2.21. The summed E-state index contributed by atoms with van der Waals surface area (Å²) in [5.41, 5.74) is 0. The number of aliphatic hydroxyl groups is 1. The molecule has 1 aliphatic rings. The van der Waals surface area contributed by atoms with Crippen molar-refractivity contribution in [3.05, 3.63) is 10.6 Å². The van der Waals surface area contributed by atoms with Crippen molar-refractivity contribution in [1.29, 1.82) is 0 Å². The van der Waals surface area contributed by atoms with Crippen LogP contribution in [0.4, 0.5) is 0 Å². The molecule has 0 aliphatic carbocycles. The molecule has 0 amide bonds. The number of hydrogen-bond acceptors (Lipinski definition) is 4. The van der Waals surface area contributed by atoms with Gasteiger partial charge in [0.2, 0.25) is 0 Å². The Kier molecular flexibility index (Phi) is 3.18. The Labute approximate surface area is 93.7 Å². The number of rotatable bonds is 2. The van der Waals surface area contributed by atoms with Crippen LogP contribution in [0.3, 0.4) is 0 Å². The zero-order chi connectivity index (χ0) is 10.8. The lowest BCUT2D eigenvalue weighted by Crippen LogP contribution is -2.32. The third-order valence-corrected chi connectivity index (χ3v) is 3.26. The Morgan fingerprint density at radius 2 is 2.20 bits per heavy atom. The van der Waals surface area contributed by atoms with Crippen molar-refractivity contribution in [2.45, 2.75) is 25.5 Å². The highest BCUT2D eigenvalue weighted by Crippen LogP contribution is 2.23. The average Bonchev–Trinajstić information content (AvgIpc) is 2.61. The van der Waals surface area contributed by atoms with Gasteiger partial charge in [0, 0.05) is 6.04 Å². The fraction of sp³-hybridized carbons (Fsp3) is 0.778. The van der Waals surface area contributed by atoms with Crippen molar-refractivity contribution in [3.63, 3.8) is 0 Å². The van der Waals surface area contributed by atoms with Crippen molar-refractivity contribution >= 4 is 12.2 Å². The number of likely N-dealkylation sites (tertiary alicyclic amines) is 1. The maximum absolute atomic E-state index is 9.15. The van der Waals surface area contributed by atoms with Gasteiger partial charge in [0.05, 0.1) is 0 Å². The smallest absolute Gasteiger partial charge is 0.195 e. The van der Waals surface area contributed by atoms with Gasteiger partial charge in [-0.05, 0) is 45.2 Å². The lowest BCUT2D eigenvalue weighted by molar-refractivity contribution is 0.205. The normalized spacial score (nSPS) is 19.6. The predicted octanol–water partition coefficient (Wildman–Crippen LogP) is 0.700. The molecule has 0 saturated carbocycles. The molecule has 84 valence electrons. The van der Waals surface area contributed by atoms with Crippen molar-refractivity contribution in [2.75, 3.05) is 20.1 Å². The van der Waals surface area contributed by atoms with E-state index in [0.717, 1.165) is 25.9 Å². The third kappa shape index (κ3) is 2.11. The Morgan fingerprint density at radius 1 is 1.53 bits per heavy atom. The molecule has 6 heteroatoms. The van der Waals surface area contributed by atoms with Crippen LogP contribution in [0.2, 0.25) is 0 Å². The molecule has 1 saturated heterocycles. The molecule has 1 aliphatic heterocycles. The zero-order valence-electron chi connectivity index (χ0n) is 8.81. The first-order valence-electron chi connectivity index (χ1n) is 5.17. The fourth-order valence-electron chi connectivity index (χ4n) is 2.08. The van der Waals surface area contributed by atoms with E-state index >= 15 is 0 Å². The molecule has 0 unspecified atom stereocenters. The number of hydrogen-bond donors (Lipinski definition) is 2. The second-order valence-electron chi connectivity index (χ2n) is 4.01. The summed E-state index contributed by atoms with van der Waals surface area (Å²) in [5, 5.41) is 15.9. The van der Waals surface area contributed by atoms with Gasteiger partial charge in [-0.25, -0.2) is 0 Å². The second kappa shape index (κ2) is 4.42. The number of piperidine rings is 1. The van der Waals surface area contributed by atoms with Gasteiger partial charge < -0.3 is 10.0 Å². The van der Waals surface area contributed by atoms with E-state index in [2.05, 4.69) is 22.1 Å². The van der Waals surface area contributed by atoms with Crippen molar-refractivity contribution in [3.8, 4) is 0 Å². The van der Waals surface area contributed by atoms with Gasteiger partial charge in [0.1, 0.15) is 6.61 Å². The van der Waals surface area contributed by atoms with Crippen molar-refractivity contribution < 1.29 is 5.11 Å². The summed E-state index contributed by atoms with van der Waals surface area (Å²) in [6, 6.07) is 0.384. The second-order valence-corrected chi connectivity index (χ2v) is 4.39. The molecular weight excluding hydrogens is 212 g/mol. The third-order valence-electron chi connectivity index (χ3n) is 2.97. The minimum atomic E-state index is -0.0561.